The van der Waals surface area contributed by atoms with Crippen LogP contribution in [0.1, 0.15) is 12.6 Å². The number of carboxylic acid groups (broad SMARTS) is 1. The van der Waals surface area contributed by atoms with Crippen LogP contribution in [-0.4, -0.2) is 91.2 Å². The summed E-state index contributed by atoms with van der Waals surface area (Å²) in [6.07, 6.45) is 2.94. The van der Waals surface area contributed by atoms with Gasteiger partial charge in [-0.3, -0.25) is 19.3 Å². The number of carbonyl (C=O) groups excluding carboxylic acids is 3. The van der Waals surface area contributed by atoms with Crippen LogP contribution in [0.15, 0.2) is 34.9 Å². The Morgan fingerprint density at radius 3 is 2.82 bits per heavy atom. The van der Waals surface area contributed by atoms with Gasteiger partial charge >= 0.3 is 5.97 Å². The number of nitrogens with zero attached hydrogens (tertiary/aromatic N) is 6. The molecule has 1 fully saturated rings. The summed E-state index contributed by atoms with van der Waals surface area (Å²) in [6, 6.07) is 0.895. The Bertz CT molecular complexity index is 1720. The summed E-state index contributed by atoms with van der Waals surface area (Å²) in [6.45, 7) is 2.93. The number of nitrogens with one attached hydrogen (secondary N) is 2. The van der Waals surface area contributed by atoms with Crippen LogP contribution >= 0.6 is 34.7 Å². The number of oxime groups is 1. The number of aromatic nitrogens is 4. The number of pyridine rings is 1. The molecule has 19 heteroatoms. The van der Waals surface area contributed by atoms with Crippen molar-refractivity contribution in [3.63, 3.8) is 0 Å². The second-order valence-corrected chi connectivity index (χ2v) is 12.5. The van der Waals surface area contributed by atoms with E-state index < -0.39 is 41.0 Å². The molecule has 0 spiro atoms. The first-order chi connectivity index (χ1) is 21.0. The van der Waals surface area contributed by atoms with E-state index in [1.165, 1.54) is 23.6 Å². The maximum absolute atomic E-state index is 13.3. The van der Waals surface area contributed by atoms with Gasteiger partial charge in [0.25, 0.3) is 11.8 Å². The predicted octanol–water partition coefficient (Wildman–Crippen LogP) is -0.436. The molecule has 3 aromatic rings. The Morgan fingerprint density at radius 1 is 1.39 bits per heavy atom. The van der Waals surface area contributed by atoms with E-state index in [0.29, 0.717) is 42.2 Å². The molecular formula is C25H28ClN10O6S2+. The fourth-order valence-corrected chi connectivity index (χ4v) is 6.96. The average molecular weight is 664 g/mol. The number of anilines is 2. The topological polar surface area (TPSA) is 224 Å². The lowest BCUT2D eigenvalue weighted by Gasteiger charge is -2.49. The van der Waals surface area contributed by atoms with E-state index in [0.717, 1.165) is 23.4 Å². The number of carbonyl (C=O) groups is 4. The molecule has 0 saturated carbocycles. The minimum absolute atomic E-state index is 0.0236. The average Bonchev–Trinajstić information content (AvgIpc) is 3.49. The molecule has 3 atom stereocenters. The number of aliphatic carboxylic acids is 1. The third-order valence-electron chi connectivity index (χ3n) is 6.92. The van der Waals surface area contributed by atoms with Crippen LogP contribution in [0.3, 0.4) is 0 Å². The minimum Gasteiger partial charge on any atom is -0.478 e. The second-order valence-electron chi connectivity index (χ2n) is 9.78. The molecule has 2 unspecified atom stereocenters. The molecule has 2 aliphatic heterocycles. The number of amides is 2. The highest BCUT2D eigenvalue weighted by Crippen LogP contribution is 2.39. The highest BCUT2D eigenvalue weighted by atomic mass is 35.5. The first-order valence-corrected chi connectivity index (χ1v) is 15.4. The summed E-state index contributed by atoms with van der Waals surface area (Å²) in [7, 11) is 1.86. The Labute approximate surface area is 263 Å². The number of thioether (sulfide) groups is 1. The van der Waals surface area contributed by atoms with Crippen molar-refractivity contribution < 1.29 is 33.7 Å². The van der Waals surface area contributed by atoms with Crippen molar-refractivity contribution in [1.82, 2.24) is 30.1 Å². The molecule has 44 heavy (non-hydrogen) atoms. The number of nitrogens with two attached hydrogens (primary N) is 2. The zero-order valence-corrected chi connectivity index (χ0v) is 25.8. The number of carboxylic acids is 1. The number of likely N-dealkylation sites (N-methyl/N-ethyl adjacent to an activating group) is 1. The Morgan fingerprint density at radius 2 is 2.16 bits per heavy atom. The number of aldehydes is 1. The molecule has 7 N–H and O–H groups in total. The smallest absolute Gasteiger partial charge is 0.347 e. The Kier molecular flexibility index (Phi) is 9.05. The number of allylic oxidation sites excluding steroid dienone is 1. The van der Waals surface area contributed by atoms with Gasteiger partial charge in [0.1, 0.15) is 21.4 Å². The molecule has 3 aromatic heterocycles. The van der Waals surface area contributed by atoms with Crippen LogP contribution in [0.25, 0.3) is 11.0 Å². The van der Waals surface area contributed by atoms with Gasteiger partial charge in [0.05, 0.1) is 11.2 Å². The first kappa shape index (κ1) is 31.2. The molecule has 1 saturated heterocycles. The fraction of sp³-hybridized carbons (Fsp3) is 0.360. The monoisotopic (exact) mass is 663 g/mol. The molecule has 5 rings (SSSR count). The Hall–Kier alpha value is -4.26. The number of imidazole rings is 1. The number of fused-ring (bicyclic) bond motifs is 2. The van der Waals surface area contributed by atoms with Crippen molar-refractivity contribution in [3.8, 4) is 0 Å². The van der Waals surface area contributed by atoms with Gasteiger partial charge in [-0.25, -0.2) is 14.8 Å². The van der Waals surface area contributed by atoms with Crippen molar-refractivity contribution in [2.75, 3.05) is 30.8 Å². The van der Waals surface area contributed by atoms with Crippen LogP contribution in [0, 0.1) is 0 Å². The highest BCUT2D eigenvalue weighted by molar-refractivity contribution is 8.00. The lowest BCUT2D eigenvalue weighted by atomic mass is 10.0. The van der Waals surface area contributed by atoms with Gasteiger partial charge < -0.3 is 36.6 Å². The van der Waals surface area contributed by atoms with Crippen LogP contribution in [0.4, 0.5) is 11.1 Å². The predicted molar refractivity (Wildman–Crippen MR) is 163 cm³/mol. The maximum Gasteiger partial charge on any atom is 0.347 e. The van der Waals surface area contributed by atoms with Gasteiger partial charge in [-0.15, -0.1) is 11.8 Å². The molecule has 16 nitrogen and oxygen atoms in total. The van der Waals surface area contributed by atoms with Gasteiger partial charge in [0.15, 0.2) is 41.6 Å². The third-order valence-corrected chi connectivity index (χ3v) is 9.34. The molecule has 232 valence electrons. The zero-order valence-electron chi connectivity index (χ0n) is 23.4. The fourth-order valence-electron chi connectivity index (χ4n) is 4.68. The number of β-lactam (4-membered cyclic amide) rings is 1. The molecule has 5 heterocycles. The van der Waals surface area contributed by atoms with Crippen molar-refractivity contribution in [3.05, 3.63) is 39.8 Å². The highest BCUT2D eigenvalue weighted by Gasteiger charge is 2.53. The van der Waals surface area contributed by atoms with Crippen LogP contribution < -0.4 is 26.7 Å². The lowest BCUT2D eigenvalue weighted by molar-refractivity contribution is -0.687. The minimum atomic E-state index is -1.38. The van der Waals surface area contributed by atoms with Crippen molar-refractivity contribution >= 4 is 86.6 Å². The van der Waals surface area contributed by atoms with Gasteiger partial charge in [0, 0.05) is 30.5 Å². The van der Waals surface area contributed by atoms with E-state index in [2.05, 4.69) is 25.8 Å². The van der Waals surface area contributed by atoms with Crippen LogP contribution in [-0.2, 0) is 37.1 Å². The number of halogens is 1. The molecule has 2 amide bonds. The molecule has 2 aliphatic rings. The van der Waals surface area contributed by atoms with E-state index >= 15 is 0 Å². The third kappa shape index (κ3) is 5.92. The van der Waals surface area contributed by atoms with Gasteiger partial charge in [-0.1, -0.05) is 28.1 Å². The Balaban J connectivity index is 1.33. The van der Waals surface area contributed by atoms with Gasteiger partial charge in [-0.05, 0) is 14.0 Å². The quantitative estimate of drug-likeness (QED) is 0.0547. The number of thiazole rings is 1. The second kappa shape index (κ2) is 12.8. The molecular weight excluding hydrogens is 636 g/mol. The van der Waals surface area contributed by atoms with E-state index in [1.807, 2.05) is 34.6 Å². The molecule has 0 aromatic carbocycles. The van der Waals surface area contributed by atoms with Gasteiger partial charge in [-0.2, -0.15) is 4.57 Å². The summed E-state index contributed by atoms with van der Waals surface area (Å²) >= 11 is 8.43. The summed E-state index contributed by atoms with van der Waals surface area (Å²) in [5, 5.41) is 17.9. The molecule has 0 aliphatic carbocycles. The SMILES string of the molecule is CNCCn1c(N)nc2c[n+](CC3=C(C=O)N4C(=O)C(NC(=O)/C(=N\O[C@@H](C)C(=O)O)c5nc(N)sc5Cl)C4SC3)ccc21. The summed E-state index contributed by atoms with van der Waals surface area (Å²) in [5.74, 6) is -1.89. The lowest BCUT2D eigenvalue weighted by Crippen LogP contribution is -2.70. The van der Waals surface area contributed by atoms with E-state index in [4.69, 9.17) is 33.0 Å². The van der Waals surface area contributed by atoms with E-state index in [1.54, 1.807) is 0 Å². The van der Waals surface area contributed by atoms with Gasteiger partial charge in [0.2, 0.25) is 12.1 Å². The zero-order chi connectivity index (χ0) is 31.7. The van der Waals surface area contributed by atoms with Crippen molar-refractivity contribution in [2.24, 2.45) is 5.16 Å². The van der Waals surface area contributed by atoms with E-state index in [9.17, 15) is 19.2 Å². The number of nitrogen functional groups attached to an aromatic ring is 2. The summed E-state index contributed by atoms with van der Waals surface area (Å²) in [5.41, 5.74) is 13.7. The number of hydrogen-bond donors (Lipinski definition) is 5. The largest absolute Gasteiger partial charge is 0.478 e. The van der Waals surface area contributed by atoms with Crippen molar-refractivity contribution in [2.45, 2.75) is 37.5 Å². The van der Waals surface area contributed by atoms with Crippen LogP contribution in [0.5, 0.6) is 0 Å². The normalized spacial score (nSPS) is 19.0. The maximum atomic E-state index is 13.3. The number of rotatable bonds is 12. The summed E-state index contributed by atoms with van der Waals surface area (Å²) in [4.78, 5) is 64.6. The standard InChI is InChI=1S/C25H27ClN10O6S2/c1-11(23(40)41)42-33-17(16-19(26)44-25(28)32-16)20(38)31-18-21(39)36-15(9-37)12(10-43-22(18)36)7-34-5-3-14-13(8-34)30-24(27)35(14)6-4-29-2/h3,5,8-9,11,18,22,29H,4,6-7,10H2,1-2H3,(H5-,27,28,30,31,32,38,40,41)/p+1/b33-17-/t11-,18?,22?/m0/s1. The van der Waals surface area contributed by atoms with E-state index in [-0.39, 0.29) is 20.9 Å². The first-order valence-electron chi connectivity index (χ1n) is 13.1. The molecule has 0 bridgehead atoms. The summed E-state index contributed by atoms with van der Waals surface area (Å²) < 4.78 is 3.80. The van der Waals surface area contributed by atoms with Crippen molar-refractivity contribution in [1.29, 1.82) is 0 Å². The molecule has 0 radical (unpaired) electrons. The number of hydrogen-bond acceptors (Lipinski definition) is 13. The van der Waals surface area contributed by atoms with Crippen LogP contribution in [0.2, 0.25) is 4.34 Å².